The van der Waals surface area contributed by atoms with E-state index in [-0.39, 0.29) is 23.8 Å². The van der Waals surface area contributed by atoms with Crippen LogP contribution in [0.5, 0.6) is 0 Å². The minimum Gasteiger partial charge on any atom is -0.464 e. The average Bonchev–Trinajstić information content (AvgIpc) is 3.24. The van der Waals surface area contributed by atoms with Gasteiger partial charge >= 0.3 is 11.7 Å². The zero-order chi connectivity index (χ0) is 19.0. The molecule has 3 heterocycles. The summed E-state index contributed by atoms with van der Waals surface area (Å²) < 4.78 is 7.41. The molecule has 0 spiro atoms. The number of rotatable bonds is 3. The fourth-order valence-corrected chi connectivity index (χ4v) is 3.80. The number of hydrogen-bond acceptors (Lipinski definition) is 3. The molecule has 1 aliphatic rings. The fourth-order valence-electron chi connectivity index (χ4n) is 3.80. The summed E-state index contributed by atoms with van der Waals surface area (Å²) in [6, 6.07) is 11.3. The number of urea groups is 1. The van der Waals surface area contributed by atoms with E-state index < -0.39 is 0 Å². The standard InChI is InChI=1S/C20H24N4O3/c1-13-7-8-18(27-13)14(2)21-19(25)23-11-9-15(10-12-23)24-17-6-4-3-5-16(17)22-20(24)26/h3-8,14-15H,9-12H2,1-2H3,(H,21,25)(H,22,26). The predicted octanol–water partition coefficient (Wildman–Crippen LogP) is 3.34. The summed E-state index contributed by atoms with van der Waals surface area (Å²) in [5.74, 6) is 1.58. The maximum Gasteiger partial charge on any atom is 0.326 e. The van der Waals surface area contributed by atoms with Crippen LogP contribution in [0.25, 0.3) is 11.0 Å². The number of hydrogen-bond donors (Lipinski definition) is 2. The van der Waals surface area contributed by atoms with Crippen LogP contribution in [0.4, 0.5) is 4.79 Å². The number of aryl methyl sites for hydroxylation is 1. The lowest BCUT2D eigenvalue weighted by Gasteiger charge is -2.33. The van der Waals surface area contributed by atoms with Gasteiger partial charge in [0.25, 0.3) is 0 Å². The molecule has 1 aliphatic heterocycles. The Morgan fingerprint density at radius 2 is 1.96 bits per heavy atom. The Morgan fingerprint density at radius 3 is 2.67 bits per heavy atom. The molecule has 1 saturated heterocycles. The Kier molecular flexibility index (Phi) is 4.51. The van der Waals surface area contributed by atoms with Crippen molar-refractivity contribution in [3.63, 3.8) is 0 Å². The first kappa shape index (κ1) is 17.5. The number of fused-ring (bicyclic) bond motifs is 1. The minimum absolute atomic E-state index is 0.0825. The number of nitrogens with zero attached hydrogens (tertiary/aromatic N) is 2. The van der Waals surface area contributed by atoms with Gasteiger partial charge in [-0.25, -0.2) is 9.59 Å². The lowest BCUT2D eigenvalue weighted by atomic mass is 10.0. The van der Waals surface area contributed by atoms with Gasteiger partial charge in [0.15, 0.2) is 0 Å². The maximum absolute atomic E-state index is 12.6. The van der Waals surface area contributed by atoms with Gasteiger partial charge in [-0.15, -0.1) is 0 Å². The summed E-state index contributed by atoms with van der Waals surface area (Å²) in [7, 11) is 0. The van der Waals surface area contributed by atoms with E-state index in [1.807, 2.05) is 59.7 Å². The second-order valence-corrected chi connectivity index (χ2v) is 7.16. The summed E-state index contributed by atoms with van der Waals surface area (Å²) in [5.41, 5.74) is 1.69. The molecule has 7 heteroatoms. The summed E-state index contributed by atoms with van der Waals surface area (Å²) in [6.45, 7) is 5.03. The van der Waals surface area contributed by atoms with E-state index in [0.29, 0.717) is 13.1 Å². The molecule has 2 amide bonds. The van der Waals surface area contributed by atoms with Crippen LogP contribution in [0.1, 0.15) is 43.4 Å². The highest BCUT2D eigenvalue weighted by atomic mass is 16.3. The third-order valence-corrected chi connectivity index (χ3v) is 5.27. The lowest BCUT2D eigenvalue weighted by Crippen LogP contribution is -2.46. The Morgan fingerprint density at radius 1 is 1.22 bits per heavy atom. The van der Waals surface area contributed by atoms with E-state index in [0.717, 1.165) is 35.4 Å². The molecule has 1 unspecified atom stereocenters. The first-order valence-electron chi connectivity index (χ1n) is 9.34. The Balaban J connectivity index is 1.40. The van der Waals surface area contributed by atoms with Gasteiger partial charge in [-0.2, -0.15) is 0 Å². The van der Waals surface area contributed by atoms with Crippen molar-refractivity contribution in [3.8, 4) is 0 Å². The van der Waals surface area contributed by atoms with Crippen LogP contribution < -0.4 is 11.0 Å². The number of aromatic nitrogens is 2. The Bertz CT molecular complexity index is 1010. The van der Waals surface area contributed by atoms with Crippen LogP contribution in [0.3, 0.4) is 0 Å². The molecular formula is C20H24N4O3. The van der Waals surface area contributed by atoms with Crippen molar-refractivity contribution >= 4 is 17.1 Å². The van der Waals surface area contributed by atoms with Gasteiger partial charge in [0.05, 0.1) is 17.1 Å². The van der Waals surface area contributed by atoms with Gasteiger partial charge in [-0.1, -0.05) is 12.1 Å². The van der Waals surface area contributed by atoms with E-state index in [9.17, 15) is 9.59 Å². The molecule has 7 nitrogen and oxygen atoms in total. The van der Waals surface area contributed by atoms with E-state index in [1.54, 1.807) is 0 Å². The summed E-state index contributed by atoms with van der Waals surface area (Å²) >= 11 is 0. The number of imidazole rings is 1. The highest BCUT2D eigenvalue weighted by molar-refractivity contribution is 5.76. The van der Waals surface area contributed by atoms with Crippen LogP contribution >= 0.6 is 0 Å². The lowest BCUT2D eigenvalue weighted by molar-refractivity contribution is 0.168. The number of likely N-dealkylation sites (tertiary alicyclic amines) is 1. The summed E-state index contributed by atoms with van der Waals surface area (Å²) in [4.78, 5) is 29.6. The highest BCUT2D eigenvalue weighted by Crippen LogP contribution is 2.25. The van der Waals surface area contributed by atoms with E-state index in [1.165, 1.54) is 0 Å². The molecule has 3 aromatic rings. The van der Waals surface area contributed by atoms with Crippen molar-refractivity contribution in [2.45, 2.75) is 38.8 Å². The number of piperidine rings is 1. The highest BCUT2D eigenvalue weighted by Gasteiger charge is 2.27. The van der Waals surface area contributed by atoms with Crippen molar-refractivity contribution in [1.29, 1.82) is 0 Å². The summed E-state index contributed by atoms with van der Waals surface area (Å²) in [5, 5.41) is 2.99. The van der Waals surface area contributed by atoms with Gasteiger partial charge < -0.3 is 19.6 Å². The summed E-state index contributed by atoms with van der Waals surface area (Å²) in [6.07, 6.45) is 1.51. The molecule has 0 bridgehead atoms. The quantitative estimate of drug-likeness (QED) is 0.744. The number of benzene rings is 1. The van der Waals surface area contributed by atoms with Gasteiger partial charge in [0.1, 0.15) is 11.5 Å². The van der Waals surface area contributed by atoms with Crippen molar-refractivity contribution in [2.75, 3.05) is 13.1 Å². The van der Waals surface area contributed by atoms with Gasteiger partial charge in [-0.3, -0.25) is 4.57 Å². The fraction of sp³-hybridized carbons (Fsp3) is 0.400. The third-order valence-electron chi connectivity index (χ3n) is 5.27. The largest absolute Gasteiger partial charge is 0.464 e. The number of para-hydroxylation sites is 2. The molecule has 0 aliphatic carbocycles. The molecule has 2 aromatic heterocycles. The predicted molar refractivity (Wildman–Crippen MR) is 103 cm³/mol. The van der Waals surface area contributed by atoms with E-state index in [2.05, 4.69) is 10.3 Å². The Hall–Kier alpha value is -2.96. The number of carbonyl (C=O) groups excluding carboxylic acids is 1. The average molecular weight is 368 g/mol. The first-order valence-corrected chi connectivity index (χ1v) is 9.34. The first-order chi connectivity index (χ1) is 13.0. The molecule has 4 rings (SSSR count). The zero-order valence-corrected chi connectivity index (χ0v) is 15.6. The SMILES string of the molecule is Cc1ccc(C(C)NC(=O)N2CCC(n3c(=O)[nH]c4ccccc43)CC2)o1. The molecule has 27 heavy (non-hydrogen) atoms. The monoisotopic (exact) mass is 368 g/mol. The van der Waals surface area contributed by atoms with Gasteiger partial charge in [0, 0.05) is 19.1 Å². The molecular weight excluding hydrogens is 344 g/mol. The number of H-pyrrole nitrogens is 1. The molecule has 142 valence electrons. The van der Waals surface area contributed by atoms with Crippen molar-refractivity contribution < 1.29 is 9.21 Å². The number of nitrogens with one attached hydrogen (secondary N) is 2. The van der Waals surface area contributed by atoms with Crippen molar-refractivity contribution in [2.24, 2.45) is 0 Å². The van der Waals surface area contributed by atoms with E-state index in [4.69, 9.17) is 4.42 Å². The molecule has 0 radical (unpaired) electrons. The maximum atomic E-state index is 12.6. The molecule has 1 aromatic carbocycles. The van der Waals surface area contributed by atoms with Gasteiger partial charge in [0.2, 0.25) is 0 Å². The smallest absolute Gasteiger partial charge is 0.326 e. The molecule has 2 N–H and O–H groups in total. The molecule has 0 saturated carbocycles. The second-order valence-electron chi connectivity index (χ2n) is 7.16. The van der Waals surface area contributed by atoms with Crippen LogP contribution in [-0.2, 0) is 0 Å². The second kappa shape index (κ2) is 6.98. The minimum atomic E-state index is -0.180. The van der Waals surface area contributed by atoms with Crippen LogP contribution in [0.15, 0.2) is 45.6 Å². The number of furan rings is 1. The van der Waals surface area contributed by atoms with Gasteiger partial charge in [-0.05, 0) is 51.0 Å². The third kappa shape index (κ3) is 3.37. The van der Waals surface area contributed by atoms with Crippen molar-refractivity contribution in [3.05, 3.63) is 58.4 Å². The van der Waals surface area contributed by atoms with Crippen LogP contribution in [0.2, 0.25) is 0 Å². The van der Waals surface area contributed by atoms with Crippen molar-refractivity contribution in [1.82, 2.24) is 19.8 Å². The number of carbonyl (C=O) groups is 1. The van der Waals surface area contributed by atoms with Crippen LogP contribution in [-0.4, -0.2) is 33.6 Å². The number of amides is 2. The van der Waals surface area contributed by atoms with E-state index >= 15 is 0 Å². The molecule has 1 fully saturated rings. The normalized spacial score (nSPS) is 16.6. The number of aromatic amines is 1. The molecule has 1 atom stereocenters. The van der Waals surface area contributed by atoms with Crippen LogP contribution in [0, 0.1) is 6.92 Å². The Labute approximate surface area is 157 Å². The zero-order valence-electron chi connectivity index (χ0n) is 15.6. The topological polar surface area (TPSA) is 83.3 Å².